The van der Waals surface area contributed by atoms with Crippen molar-refractivity contribution in [3.63, 3.8) is 0 Å². The number of rotatable bonds is 3. The van der Waals surface area contributed by atoms with Crippen molar-refractivity contribution in [3.05, 3.63) is 39.8 Å². The van der Waals surface area contributed by atoms with Crippen LogP contribution in [0.3, 0.4) is 0 Å². The van der Waals surface area contributed by atoms with Crippen molar-refractivity contribution in [3.8, 4) is 0 Å². The van der Waals surface area contributed by atoms with E-state index in [0.29, 0.717) is 0 Å². The largest absolute Gasteiger partial charge is 0.314 e. The van der Waals surface area contributed by atoms with Gasteiger partial charge in [0, 0.05) is 24.2 Å². The van der Waals surface area contributed by atoms with Crippen LogP contribution in [0.5, 0.6) is 0 Å². The van der Waals surface area contributed by atoms with Crippen LogP contribution in [0.4, 0.5) is 5.69 Å². The molecule has 0 spiro atoms. The first-order valence-electron chi connectivity index (χ1n) is 5.97. The van der Waals surface area contributed by atoms with E-state index in [1.165, 1.54) is 5.56 Å². The van der Waals surface area contributed by atoms with Gasteiger partial charge in [-0.15, -0.1) is 0 Å². The quantitative estimate of drug-likeness (QED) is 0.458. The van der Waals surface area contributed by atoms with E-state index in [4.69, 9.17) is 5.53 Å². The Morgan fingerprint density at radius 1 is 1.50 bits per heavy atom. The smallest absolute Gasteiger partial charge is 0.237 e. The van der Waals surface area contributed by atoms with E-state index in [2.05, 4.69) is 16.9 Å². The zero-order valence-electron chi connectivity index (χ0n) is 10.8. The molecule has 18 heavy (non-hydrogen) atoms. The number of carbonyl (C=O) groups is 1. The average molecular weight is 244 g/mol. The van der Waals surface area contributed by atoms with Crippen LogP contribution in [-0.2, 0) is 16.6 Å². The zero-order valence-corrected chi connectivity index (χ0v) is 10.8. The third-order valence-electron chi connectivity index (χ3n) is 3.65. The van der Waals surface area contributed by atoms with Crippen molar-refractivity contribution in [2.24, 2.45) is 5.11 Å². The Morgan fingerprint density at radius 3 is 2.83 bits per heavy atom. The van der Waals surface area contributed by atoms with E-state index >= 15 is 0 Å². The number of likely N-dealkylation sites (N-methyl/N-ethyl adjacent to an activating group) is 1. The summed E-state index contributed by atoms with van der Waals surface area (Å²) in [5.41, 5.74) is 10.8. The minimum atomic E-state index is -0.735. The molecule has 1 heterocycles. The van der Waals surface area contributed by atoms with Crippen LogP contribution in [0.15, 0.2) is 23.3 Å². The predicted molar refractivity (Wildman–Crippen MR) is 70.6 cm³/mol. The normalized spacial score (nSPS) is 21.7. The van der Waals surface area contributed by atoms with Crippen molar-refractivity contribution < 1.29 is 4.79 Å². The van der Waals surface area contributed by atoms with Crippen LogP contribution in [-0.4, -0.2) is 19.5 Å². The number of anilines is 1. The van der Waals surface area contributed by atoms with Gasteiger partial charge in [-0.05, 0) is 36.1 Å². The molecule has 0 aromatic heterocycles. The highest BCUT2D eigenvalue weighted by molar-refractivity contribution is 6.07. The van der Waals surface area contributed by atoms with Gasteiger partial charge >= 0.3 is 0 Å². The average Bonchev–Trinajstić information content (AvgIpc) is 2.59. The first-order chi connectivity index (χ1) is 8.54. The Kier molecular flexibility index (Phi) is 3.01. The molecule has 0 N–H and O–H groups in total. The highest BCUT2D eigenvalue weighted by Gasteiger charge is 2.45. The van der Waals surface area contributed by atoms with E-state index in [1.54, 1.807) is 11.9 Å². The van der Waals surface area contributed by atoms with E-state index in [-0.39, 0.29) is 12.5 Å². The Labute approximate surface area is 106 Å². The lowest BCUT2D eigenvalue weighted by Gasteiger charge is -2.20. The molecule has 0 unspecified atom stereocenters. The molecule has 2 rings (SSSR count). The highest BCUT2D eigenvalue weighted by Crippen LogP contribution is 2.41. The Hall–Kier alpha value is -2.00. The van der Waals surface area contributed by atoms with Gasteiger partial charge in [0.15, 0.2) is 0 Å². The molecule has 1 atom stereocenters. The van der Waals surface area contributed by atoms with E-state index in [1.807, 2.05) is 25.1 Å². The number of fused-ring (bicyclic) bond motifs is 1. The van der Waals surface area contributed by atoms with Crippen molar-refractivity contribution in [2.45, 2.75) is 25.7 Å². The number of amides is 1. The molecule has 0 radical (unpaired) electrons. The second kappa shape index (κ2) is 4.35. The van der Waals surface area contributed by atoms with Gasteiger partial charge in [0.2, 0.25) is 5.91 Å². The Bertz CT molecular complexity index is 548. The summed E-state index contributed by atoms with van der Waals surface area (Å²) in [7, 11) is 1.76. The monoisotopic (exact) mass is 244 g/mol. The number of azide groups is 1. The van der Waals surface area contributed by atoms with Gasteiger partial charge in [-0.1, -0.05) is 24.2 Å². The molecule has 0 bridgehead atoms. The summed E-state index contributed by atoms with van der Waals surface area (Å²) < 4.78 is 0. The minimum absolute atomic E-state index is 0.0156. The van der Waals surface area contributed by atoms with Gasteiger partial charge in [0.05, 0.1) is 5.41 Å². The van der Waals surface area contributed by atoms with Gasteiger partial charge < -0.3 is 4.90 Å². The number of hydrogen-bond acceptors (Lipinski definition) is 2. The zero-order chi connectivity index (χ0) is 13.3. The Morgan fingerprint density at radius 2 is 2.22 bits per heavy atom. The lowest BCUT2D eigenvalue weighted by molar-refractivity contribution is -0.122. The van der Waals surface area contributed by atoms with Crippen LogP contribution >= 0.6 is 0 Å². The maximum absolute atomic E-state index is 12.3. The SMILES string of the molecule is CCc1ccc2c(c1)[C@@](C)(CN=[N+]=[N-])C(=O)N2C. The second-order valence-corrected chi connectivity index (χ2v) is 4.79. The Balaban J connectivity index is 2.58. The summed E-state index contributed by atoms with van der Waals surface area (Å²) in [4.78, 5) is 16.7. The van der Waals surface area contributed by atoms with Crippen LogP contribution in [0, 0.1) is 0 Å². The minimum Gasteiger partial charge on any atom is -0.314 e. The molecular weight excluding hydrogens is 228 g/mol. The molecule has 0 saturated carbocycles. The number of benzene rings is 1. The van der Waals surface area contributed by atoms with Crippen LogP contribution < -0.4 is 4.90 Å². The molecule has 1 amide bonds. The molecule has 94 valence electrons. The van der Waals surface area contributed by atoms with Gasteiger partial charge in [-0.3, -0.25) is 4.79 Å². The first kappa shape index (κ1) is 12.5. The molecule has 1 aromatic rings. The standard InChI is InChI=1S/C13H16N4O/c1-4-9-5-6-11-10(7-9)13(2,8-15-16-14)12(18)17(11)3/h5-7H,4,8H2,1-3H3/t13-/m1/s1. The molecule has 1 aromatic carbocycles. The molecular formula is C13H16N4O. The molecule has 0 saturated heterocycles. The third kappa shape index (κ3) is 1.64. The molecule has 5 nitrogen and oxygen atoms in total. The first-order valence-corrected chi connectivity index (χ1v) is 5.97. The van der Waals surface area contributed by atoms with Crippen molar-refractivity contribution in [1.82, 2.24) is 0 Å². The van der Waals surface area contributed by atoms with E-state index in [0.717, 1.165) is 17.7 Å². The summed E-state index contributed by atoms with van der Waals surface area (Å²) in [5, 5.41) is 3.60. The summed E-state index contributed by atoms with van der Waals surface area (Å²) in [6.45, 7) is 4.08. The number of nitrogens with zero attached hydrogens (tertiary/aromatic N) is 4. The molecule has 1 aliphatic heterocycles. The topological polar surface area (TPSA) is 69.1 Å². The van der Waals surface area contributed by atoms with Crippen molar-refractivity contribution >= 4 is 11.6 Å². The van der Waals surface area contributed by atoms with Crippen molar-refractivity contribution in [2.75, 3.05) is 18.5 Å². The summed E-state index contributed by atoms with van der Waals surface area (Å²) in [6.07, 6.45) is 0.919. The predicted octanol–water partition coefficient (Wildman–Crippen LogP) is 2.79. The summed E-state index contributed by atoms with van der Waals surface area (Å²) >= 11 is 0. The number of aryl methyl sites for hydroxylation is 1. The number of carbonyl (C=O) groups excluding carboxylic acids is 1. The second-order valence-electron chi connectivity index (χ2n) is 4.79. The molecule has 0 fully saturated rings. The molecule has 5 heteroatoms. The molecule has 0 aliphatic carbocycles. The fourth-order valence-corrected chi connectivity index (χ4v) is 2.46. The fraction of sp³-hybridized carbons (Fsp3) is 0.462. The lowest BCUT2D eigenvalue weighted by Crippen LogP contribution is -2.38. The van der Waals surface area contributed by atoms with Crippen LogP contribution in [0.1, 0.15) is 25.0 Å². The molecule has 1 aliphatic rings. The van der Waals surface area contributed by atoms with E-state index < -0.39 is 5.41 Å². The van der Waals surface area contributed by atoms with E-state index in [9.17, 15) is 4.79 Å². The van der Waals surface area contributed by atoms with Gasteiger partial charge in [0.1, 0.15) is 0 Å². The van der Waals surface area contributed by atoms with Crippen LogP contribution in [0.25, 0.3) is 10.4 Å². The van der Waals surface area contributed by atoms with Crippen molar-refractivity contribution in [1.29, 1.82) is 0 Å². The van der Waals surface area contributed by atoms with Gasteiger partial charge in [-0.2, -0.15) is 0 Å². The fourth-order valence-electron chi connectivity index (χ4n) is 2.46. The van der Waals surface area contributed by atoms with Gasteiger partial charge in [-0.25, -0.2) is 0 Å². The summed E-state index contributed by atoms with van der Waals surface area (Å²) in [5.74, 6) is -0.0156. The third-order valence-corrected chi connectivity index (χ3v) is 3.65. The van der Waals surface area contributed by atoms with Crippen LogP contribution in [0.2, 0.25) is 0 Å². The number of hydrogen-bond donors (Lipinski definition) is 0. The highest BCUT2D eigenvalue weighted by atomic mass is 16.2. The maximum atomic E-state index is 12.3. The lowest BCUT2D eigenvalue weighted by atomic mass is 9.83. The van der Waals surface area contributed by atoms with Gasteiger partial charge in [0.25, 0.3) is 0 Å². The summed E-state index contributed by atoms with van der Waals surface area (Å²) in [6, 6.07) is 6.04. The maximum Gasteiger partial charge on any atom is 0.237 e.